The molecular formula is C18H22N2O3. The van der Waals surface area contributed by atoms with Crippen molar-refractivity contribution < 1.29 is 14.6 Å². The molecule has 1 aromatic heterocycles. The Kier molecular flexibility index (Phi) is 6.26. The molecule has 0 saturated heterocycles. The molecule has 1 atom stereocenters. The van der Waals surface area contributed by atoms with Gasteiger partial charge in [-0.2, -0.15) is 0 Å². The van der Waals surface area contributed by atoms with Gasteiger partial charge in [0.25, 0.3) is 0 Å². The van der Waals surface area contributed by atoms with E-state index in [0.29, 0.717) is 24.5 Å². The number of carbonyl (C=O) groups excluding carboxylic acids is 1. The molecule has 2 aromatic rings. The highest BCUT2D eigenvalue weighted by Gasteiger charge is 2.15. The van der Waals surface area contributed by atoms with Gasteiger partial charge in [-0.05, 0) is 18.6 Å². The Balaban J connectivity index is 2.08. The van der Waals surface area contributed by atoms with Crippen molar-refractivity contribution in [1.29, 1.82) is 0 Å². The van der Waals surface area contributed by atoms with E-state index in [4.69, 9.17) is 4.74 Å². The van der Waals surface area contributed by atoms with Gasteiger partial charge in [-0.1, -0.05) is 30.3 Å². The van der Waals surface area contributed by atoms with Crippen LogP contribution in [0.4, 0.5) is 0 Å². The first-order valence-electron chi connectivity index (χ1n) is 7.56. The molecule has 122 valence electrons. The lowest BCUT2D eigenvalue weighted by molar-refractivity contribution is 0.0849. The van der Waals surface area contributed by atoms with Gasteiger partial charge >= 0.3 is 0 Å². The maximum Gasteiger partial charge on any atom is 0.213 e. The number of pyridine rings is 1. The summed E-state index contributed by atoms with van der Waals surface area (Å²) < 4.78 is 5.05. The number of rotatable bonds is 8. The minimum absolute atomic E-state index is 0.0257. The number of aromatic nitrogens is 1. The average molecular weight is 314 g/mol. The molecule has 0 radical (unpaired) electrons. The minimum Gasteiger partial charge on any atom is -0.481 e. The monoisotopic (exact) mass is 314 g/mol. The van der Waals surface area contributed by atoms with Crippen LogP contribution in [0.3, 0.4) is 0 Å². The summed E-state index contributed by atoms with van der Waals surface area (Å²) in [6.07, 6.45) is 1.06. The molecule has 0 aliphatic rings. The molecule has 0 aliphatic heterocycles. The normalized spacial score (nSPS) is 12.2. The number of carbonyl (C=O) groups is 1. The second kappa shape index (κ2) is 8.41. The lowest BCUT2D eigenvalue weighted by atomic mass is 10.1. The number of aliphatic hydroxyl groups excluding tert-OH is 1. The van der Waals surface area contributed by atoms with Gasteiger partial charge in [0.2, 0.25) is 5.88 Å². The molecule has 1 N–H and O–H groups in total. The van der Waals surface area contributed by atoms with E-state index in [-0.39, 0.29) is 12.3 Å². The number of aliphatic hydroxyl groups is 1. The number of benzene rings is 1. The summed E-state index contributed by atoms with van der Waals surface area (Å²) in [5, 5.41) is 9.68. The van der Waals surface area contributed by atoms with Gasteiger partial charge < -0.3 is 9.84 Å². The first kappa shape index (κ1) is 17.1. The Morgan fingerprint density at radius 1 is 1.30 bits per heavy atom. The van der Waals surface area contributed by atoms with Crippen molar-refractivity contribution in [3.05, 3.63) is 59.8 Å². The van der Waals surface area contributed by atoms with Gasteiger partial charge in [-0.15, -0.1) is 0 Å². The molecule has 1 unspecified atom stereocenters. The molecule has 1 aromatic carbocycles. The fraction of sp³-hybridized carbons (Fsp3) is 0.333. The van der Waals surface area contributed by atoms with Crippen molar-refractivity contribution in [2.75, 3.05) is 20.2 Å². The van der Waals surface area contributed by atoms with Crippen LogP contribution in [-0.2, 0) is 6.54 Å². The van der Waals surface area contributed by atoms with E-state index >= 15 is 0 Å². The number of ketones is 1. The van der Waals surface area contributed by atoms with E-state index in [1.807, 2.05) is 35.2 Å². The standard InChI is InChI=1S/C18H22N2O3/c1-14(21)11-20(12-15-6-4-3-5-7-15)13-17(22)16-8-9-19-18(10-16)23-2/h3-10,14,21H,11-13H2,1-2H3. The van der Waals surface area contributed by atoms with Crippen molar-refractivity contribution in [3.63, 3.8) is 0 Å². The molecule has 0 saturated carbocycles. The van der Waals surface area contributed by atoms with Gasteiger partial charge in [0.15, 0.2) is 5.78 Å². The second-order valence-corrected chi connectivity index (χ2v) is 5.51. The van der Waals surface area contributed by atoms with Crippen LogP contribution in [0.25, 0.3) is 0 Å². The molecule has 23 heavy (non-hydrogen) atoms. The molecule has 0 aliphatic carbocycles. The predicted octanol–water partition coefficient (Wildman–Crippen LogP) is 2.16. The zero-order valence-electron chi connectivity index (χ0n) is 13.5. The van der Waals surface area contributed by atoms with Crippen LogP contribution in [0.15, 0.2) is 48.7 Å². The maximum absolute atomic E-state index is 12.5. The van der Waals surface area contributed by atoms with E-state index in [9.17, 15) is 9.90 Å². The number of hydrogen-bond donors (Lipinski definition) is 1. The highest BCUT2D eigenvalue weighted by atomic mass is 16.5. The fourth-order valence-electron chi connectivity index (χ4n) is 2.39. The summed E-state index contributed by atoms with van der Waals surface area (Å²) in [6, 6.07) is 13.2. The van der Waals surface area contributed by atoms with Crippen molar-refractivity contribution in [1.82, 2.24) is 9.88 Å². The lowest BCUT2D eigenvalue weighted by Crippen LogP contribution is -2.35. The third-order valence-electron chi connectivity index (χ3n) is 3.40. The number of methoxy groups -OCH3 is 1. The van der Waals surface area contributed by atoms with Crippen LogP contribution in [-0.4, -0.2) is 47.1 Å². The average Bonchev–Trinajstić information content (AvgIpc) is 2.55. The molecule has 0 bridgehead atoms. The highest BCUT2D eigenvalue weighted by molar-refractivity contribution is 5.97. The summed E-state index contributed by atoms with van der Waals surface area (Å²) in [5.74, 6) is 0.392. The van der Waals surface area contributed by atoms with Crippen LogP contribution in [0.2, 0.25) is 0 Å². The van der Waals surface area contributed by atoms with E-state index in [0.717, 1.165) is 5.56 Å². The van der Waals surface area contributed by atoms with Crippen LogP contribution in [0, 0.1) is 0 Å². The SMILES string of the molecule is COc1cc(C(=O)CN(Cc2ccccc2)CC(C)O)ccn1. The summed E-state index contributed by atoms with van der Waals surface area (Å²) in [5.41, 5.74) is 1.66. The molecular weight excluding hydrogens is 292 g/mol. The molecule has 5 heteroatoms. The van der Waals surface area contributed by atoms with Gasteiger partial charge in [0.05, 0.1) is 19.8 Å². The van der Waals surface area contributed by atoms with Gasteiger partial charge in [-0.3, -0.25) is 9.69 Å². The maximum atomic E-state index is 12.5. The third kappa shape index (κ3) is 5.47. The molecule has 1 heterocycles. The zero-order valence-corrected chi connectivity index (χ0v) is 13.5. The van der Waals surface area contributed by atoms with Crippen molar-refractivity contribution >= 4 is 5.78 Å². The summed E-state index contributed by atoms with van der Waals surface area (Å²) in [6.45, 7) is 2.99. The van der Waals surface area contributed by atoms with E-state index in [1.165, 1.54) is 7.11 Å². The molecule has 5 nitrogen and oxygen atoms in total. The molecule has 2 rings (SSSR count). The van der Waals surface area contributed by atoms with Gasteiger partial charge in [0, 0.05) is 30.9 Å². The largest absolute Gasteiger partial charge is 0.481 e. The fourth-order valence-corrected chi connectivity index (χ4v) is 2.39. The topological polar surface area (TPSA) is 62.7 Å². The third-order valence-corrected chi connectivity index (χ3v) is 3.40. The van der Waals surface area contributed by atoms with Crippen LogP contribution < -0.4 is 4.74 Å². The van der Waals surface area contributed by atoms with E-state index in [1.54, 1.807) is 25.3 Å². The quantitative estimate of drug-likeness (QED) is 0.757. The van der Waals surface area contributed by atoms with Crippen molar-refractivity contribution in [2.45, 2.75) is 19.6 Å². The second-order valence-electron chi connectivity index (χ2n) is 5.51. The Morgan fingerprint density at radius 3 is 2.70 bits per heavy atom. The van der Waals surface area contributed by atoms with Gasteiger partial charge in [0.1, 0.15) is 0 Å². The summed E-state index contributed by atoms with van der Waals surface area (Å²) in [7, 11) is 1.52. The van der Waals surface area contributed by atoms with E-state index in [2.05, 4.69) is 4.98 Å². The van der Waals surface area contributed by atoms with Crippen LogP contribution in [0.5, 0.6) is 5.88 Å². The van der Waals surface area contributed by atoms with Crippen molar-refractivity contribution in [3.8, 4) is 5.88 Å². The Bertz CT molecular complexity index is 629. The number of nitrogens with zero attached hydrogens (tertiary/aromatic N) is 2. The Morgan fingerprint density at radius 2 is 2.04 bits per heavy atom. The smallest absolute Gasteiger partial charge is 0.213 e. The zero-order chi connectivity index (χ0) is 16.7. The summed E-state index contributed by atoms with van der Waals surface area (Å²) >= 11 is 0. The van der Waals surface area contributed by atoms with Crippen LogP contribution in [0.1, 0.15) is 22.8 Å². The highest BCUT2D eigenvalue weighted by Crippen LogP contribution is 2.12. The lowest BCUT2D eigenvalue weighted by Gasteiger charge is -2.23. The minimum atomic E-state index is -0.501. The predicted molar refractivity (Wildman–Crippen MR) is 88.5 cm³/mol. The van der Waals surface area contributed by atoms with Gasteiger partial charge in [-0.25, -0.2) is 4.98 Å². The van der Waals surface area contributed by atoms with Crippen molar-refractivity contribution in [2.24, 2.45) is 0 Å². The molecule has 0 spiro atoms. The molecule has 0 fully saturated rings. The molecule has 0 amide bonds. The van der Waals surface area contributed by atoms with Crippen LogP contribution >= 0.6 is 0 Å². The first-order chi connectivity index (χ1) is 11.1. The first-order valence-corrected chi connectivity index (χ1v) is 7.56. The number of ether oxygens (including phenoxy) is 1. The number of hydrogen-bond acceptors (Lipinski definition) is 5. The Labute approximate surface area is 136 Å². The van der Waals surface area contributed by atoms with E-state index < -0.39 is 6.10 Å². The number of Topliss-reactive ketones (excluding diaryl/α,β-unsaturated/α-hetero) is 1. The Hall–Kier alpha value is -2.24. The summed E-state index contributed by atoms with van der Waals surface area (Å²) in [4.78, 5) is 18.4.